The lowest BCUT2D eigenvalue weighted by atomic mass is 10.0. The molecule has 1 atom stereocenters. The Hall–Kier alpha value is -2.65. The third-order valence-electron chi connectivity index (χ3n) is 3.89. The highest BCUT2D eigenvalue weighted by atomic mass is 32.1. The van der Waals surface area contributed by atoms with Gasteiger partial charge in [-0.15, -0.1) is 11.3 Å². The molecule has 4 N–H and O–H groups in total. The summed E-state index contributed by atoms with van der Waals surface area (Å²) >= 11 is 6.50. The quantitative estimate of drug-likeness (QED) is 0.406. The Morgan fingerprint density at radius 3 is 2.43 bits per heavy atom. The summed E-state index contributed by atoms with van der Waals surface area (Å²) < 4.78 is 5.12. The number of thiocarbonyl (C=S) groups is 1. The number of hydrogen-bond acceptors (Lipinski definition) is 5. The van der Waals surface area contributed by atoms with Crippen LogP contribution < -0.4 is 26.2 Å². The van der Waals surface area contributed by atoms with Crippen LogP contribution in [0.25, 0.3) is 0 Å². The Morgan fingerprint density at radius 1 is 1.14 bits per heavy atom. The van der Waals surface area contributed by atoms with Crippen LogP contribution >= 0.6 is 23.6 Å². The predicted octanol–water partition coefficient (Wildman–Crippen LogP) is 2.21. The van der Waals surface area contributed by atoms with Crippen molar-refractivity contribution in [3.63, 3.8) is 0 Å². The number of methoxy groups -OCH3 is 1. The molecule has 1 heterocycles. The fourth-order valence-electron chi connectivity index (χ4n) is 2.32. The molecule has 0 unspecified atom stereocenters. The van der Waals surface area contributed by atoms with E-state index in [2.05, 4.69) is 21.5 Å². The number of rotatable bonds is 7. The summed E-state index contributed by atoms with van der Waals surface area (Å²) in [6.45, 7) is 4.22. The van der Waals surface area contributed by atoms with E-state index >= 15 is 0 Å². The highest BCUT2D eigenvalue weighted by Gasteiger charge is 2.25. The normalized spacial score (nSPS) is 11.4. The van der Waals surface area contributed by atoms with Gasteiger partial charge in [-0.25, -0.2) is 0 Å². The van der Waals surface area contributed by atoms with Crippen LogP contribution in [0.1, 0.15) is 29.1 Å². The fraction of sp³-hybridized carbons (Fsp3) is 0.316. The van der Waals surface area contributed by atoms with Crippen LogP contribution in [0.2, 0.25) is 0 Å². The van der Waals surface area contributed by atoms with Gasteiger partial charge in [0.25, 0.3) is 11.8 Å². The molecule has 0 radical (unpaired) electrons. The smallest absolute Gasteiger partial charge is 0.262 e. The van der Waals surface area contributed by atoms with Gasteiger partial charge in [-0.2, -0.15) is 0 Å². The number of benzene rings is 1. The summed E-state index contributed by atoms with van der Waals surface area (Å²) in [6.07, 6.45) is 0. The maximum Gasteiger partial charge on any atom is 0.262 e. The van der Waals surface area contributed by atoms with Gasteiger partial charge in [0.2, 0.25) is 0 Å². The standard InChI is InChI=1S/C19H24N4O3S2/c1-12(2)16(21-17(24)15-5-4-10-28-15)18(25)22-23-19(27)20-11-13-6-8-14(26-3)9-7-13/h4-10,12,16H,11H2,1-3H3,(H,21,24)(H,22,25)(H2,20,23,27)/t16-/m1/s1. The van der Waals surface area contributed by atoms with E-state index in [0.29, 0.717) is 11.4 Å². The van der Waals surface area contributed by atoms with E-state index in [-0.39, 0.29) is 22.8 Å². The number of hydrazine groups is 1. The summed E-state index contributed by atoms with van der Waals surface area (Å²) in [6, 6.07) is 10.4. The van der Waals surface area contributed by atoms with Crippen molar-refractivity contribution in [2.45, 2.75) is 26.4 Å². The van der Waals surface area contributed by atoms with Gasteiger partial charge < -0.3 is 15.4 Å². The fourth-order valence-corrected chi connectivity index (χ4v) is 3.07. The SMILES string of the molecule is COc1ccc(CNC(=S)NNC(=O)[C@H](NC(=O)c2cccs2)C(C)C)cc1. The highest BCUT2D eigenvalue weighted by molar-refractivity contribution is 7.80. The molecule has 9 heteroatoms. The van der Waals surface area contributed by atoms with Gasteiger partial charge in [0.1, 0.15) is 11.8 Å². The first-order valence-corrected chi connectivity index (χ1v) is 10.0. The molecule has 7 nitrogen and oxygen atoms in total. The lowest BCUT2D eigenvalue weighted by molar-refractivity contribution is -0.124. The van der Waals surface area contributed by atoms with Crippen LogP contribution in [0, 0.1) is 5.92 Å². The number of carbonyl (C=O) groups excluding carboxylic acids is 2. The van der Waals surface area contributed by atoms with Crippen molar-refractivity contribution in [1.29, 1.82) is 0 Å². The van der Waals surface area contributed by atoms with E-state index in [4.69, 9.17) is 17.0 Å². The van der Waals surface area contributed by atoms with Crippen molar-refractivity contribution in [2.75, 3.05) is 7.11 Å². The van der Waals surface area contributed by atoms with Crippen LogP contribution in [0.5, 0.6) is 5.75 Å². The number of hydrogen-bond donors (Lipinski definition) is 4. The molecule has 2 rings (SSSR count). The Labute approximate surface area is 173 Å². The molecular formula is C19H24N4O3S2. The summed E-state index contributed by atoms with van der Waals surface area (Å²) in [5.41, 5.74) is 6.22. The first-order chi connectivity index (χ1) is 13.4. The Morgan fingerprint density at radius 2 is 1.86 bits per heavy atom. The summed E-state index contributed by atoms with van der Waals surface area (Å²) in [5.74, 6) is 0.0464. The first-order valence-electron chi connectivity index (χ1n) is 8.71. The second-order valence-electron chi connectivity index (χ2n) is 6.32. The summed E-state index contributed by atoms with van der Waals surface area (Å²) in [4.78, 5) is 25.2. The molecule has 0 fully saturated rings. The predicted molar refractivity (Wildman–Crippen MR) is 114 cm³/mol. The summed E-state index contributed by atoms with van der Waals surface area (Å²) in [5, 5.41) is 7.84. The minimum atomic E-state index is -0.688. The molecule has 1 aromatic heterocycles. The average molecular weight is 421 g/mol. The zero-order chi connectivity index (χ0) is 20.5. The van der Waals surface area contributed by atoms with Gasteiger partial charge in [-0.3, -0.25) is 20.4 Å². The van der Waals surface area contributed by atoms with Gasteiger partial charge >= 0.3 is 0 Å². The summed E-state index contributed by atoms with van der Waals surface area (Å²) in [7, 11) is 1.61. The Kier molecular flexibility index (Phi) is 8.21. The third-order valence-corrected chi connectivity index (χ3v) is 5.01. The number of carbonyl (C=O) groups is 2. The van der Waals surface area contributed by atoms with E-state index < -0.39 is 6.04 Å². The van der Waals surface area contributed by atoms with Gasteiger partial charge in [0, 0.05) is 6.54 Å². The van der Waals surface area contributed by atoms with E-state index in [1.54, 1.807) is 19.2 Å². The van der Waals surface area contributed by atoms with Crippen LogP contribution in [0.15, 0.2) is 41.8 Å². The van der Waals surface area contributed by atoms with Crippen molar-refractivity contribution >= 4 is 40.5 Å². The van der Waals surface area contributed by atoms with E-state index in [0.717, 1.165) is 11.3 Å². The molecule has 2 aromatic rings. The molecule has 2 amide bonds. The topological polar surface area (TPSA) is 91.5 Å². The lowest BCUT2D eigenvalue weighted by Gasteiger charge is -2.22. The van der Waals surface area contributed by atoms with E-state index in [9.17, 15) is 9.59 Å². The molecule has 0 aliphatic rings. The van der Waals surface area contributed by atoms with Gasteiger partial charge in [0.05, 0.1) is 12.0 Å². The van der Waals surface area contributed by atoms with Crippen LogP contribution in [0.4, 0.5) is 0 Å². The molecule has 0 spiro atoms. The molecule has 150 valence electrons. The number of amides is 2. The molecule has 1 aromatic carbocycles. The minimum Gasteiger partial charge on any atom is -0.497 e. The molecule has 0 aliphatic carbocycles. The molecule has 0 bridgehead atoms. The molecule has 0 saturated heterocycles. The molecular weight excluding hydrogens is 396 g/mol. The second-order valence-corrected chi connectivity index (χ2v) is 7.67. The monoisotopic (exact) mass is 420 g/mol. The molecule has 0 aliphatic heterocycles. The van der Waals surface area contributed by atoms with Crippen LogP contribution in [0.3, 0.4) is 0 Å². The maximum absolute atomic E-state index is 12.5. The lowest BCUT2D eigenvalue weighted by Crippen LogP contribution is -2.55. The minimum absolute atomic E-state index is 0.0912. The van der Waals surface area contributed by atoms with Crippen LogP contribution in [-0.2, 0) is 11.3 Å². The molecule has 28 heavy (non-hydrogen) atoms. The molecule has 0 saturated carbocycles. The van der Waals surface area contributed by atoms with Gasteiger partial charge in [0.15, 0.2) is 5.11 Å². The van der Waals surface area contributed by atoms with E-state index in [1.807, 2.05) is 43.5 Å². The van der Waals surface area contributed by atoms with Crippen LogP contribution in [-0.4, -0.2) is 30.1 Å². The first kappa shape index (κ1) is 21.6. The number of ether oxygens (including phenoxy) is 1. The second kappa shape index (κ2) is 10.6. The van der Waals surface area contributed by atoms with Crippen molar-refractivity contribution in [3.8, 4) is 5.75 Å². The Balaban J connectivity index is 1.80. The van der Waals surface area contributed by atoms with Crippen molar-refractivity contribution < 1.29 is 14.3 Å². The average Bonchev–Trinajstić information content (AvgIpc) is 3.23. The number of thiophene rings is 1. The maximum atomic E-state index is 12.5. The van der Waals surface area contributed by atoms with Gasteiger partial charge in [-0.1, -0.05) is 32.0 Å². The van der Waals surface area contributed by atoms with Crippen molar-refractivity contribution in [3.05, 3.63) is 52.2 Å². The zero-order valence-corrected chi connectivity index (χ0v) is 17.6. The zero-order valence-electron chi connectivity index (χ0n) is 15.9. The number of nitrogens with one attached hydrogen (secondary N) is 4. The Bertz CT molecular complexity index is 792. The largest absolute Gasteiger partial charge is 0.497 e. The van der Waals surface area contributed by atoms with Crippen molar-refractivity contribution in [2.24, 2.45) is 5.92 Å². The third kappa shape index (κ3) is 6.50. The van der Waals surface area contributed by atoms with Crippen molar-refractivity contribution in [1.82, 2.24) is 21.5 Å². The van der Waals surface area contributed by atoms with E-state index in [1.165, 1.54) is 11.3 Å². The highest BCUT2D eigenvalue weighted by Crippen LogP contribution is 2.11. The van der Waals surface area contributed by atoms with Gasteiger partial charge in [-0.05, 0) is 47.3 Å².